The summed E-state index contributed by atoms with van der Waals surface area (Å²) in [6.45, 7) is 3.29. The molecule has 7 nitrogen and oxygen atoms in total. The molecule has 0 spiro atoms. The maximum absolute atomic E-state index is 12.4. The first-order chi connectivity index (χ1) is 11.6. The third kappa shape index (κ3) is 5.15. The van der Waals surface area contributed by atoms with Gasteiger partial charge in [0.25, 0.3) is 10.1 Å². The lowest BCUT2D eigenvalue weighted by atomic mass is 9.84. The van der Waals surface area contributed by atoms with E-state index in [1.807, 2.05) is 6.92 Å². The van der Waals surface area contributed by atoms with E-state index in [1.54, 1.807) is 20.0 Å². The number of aliphatic hydroxyl groups excluding tert-OH is 1. The predicted octanol–water partition coefficient (Wildman–Crippen LogP) is 1.15. The molecule has 1 fully saturated rings. The minimum absolute atomic E-state index is 0.0410. The van der Waals surface area contributed by atoms with Crippen molar-refractivity contribution >= 4 is 25.3 Å². The number of rotatable bonds is 7. The van der Waals surface area contributed by atoms with Gasteiger partial charge in [0.1, 0.15) is 26.4 Å². The van der Waals surface area contributed by atoms with E-state index < -0.39 is 35.8 Å². The molecule has 10 heteroatoms. The monoisotopic (exact) mass is 390 g/mol. The van der Waals surface area contributed by atoms with E-state index in [0.29, 0.717) is 6.42 Å². The maximum Gasteiger partial charge on any atom is 0.297 e. The van der Waals surface area contributed by atoms with Crippen LogP contribution in [0, 0.1) is 6.92 Å². The molecule has 2 rings (SSSR count). The van der Waals surface area contributed by atoms with Crippen molar-refractivity contribution in [3.63, 3.8) is 0 Å². The Hall–Kier alpha value is -0.695. The average molecular weight is 390 g/mol. The lowest BCUT2D eigenvalue weighted by Gasteiger charge is -2.22. The quantitative estimate of drug-likeness (QED) is 0.424. The van der Waals surface area contributed by atoms with Crippen molar-refractivity contribution in [1.82, 2.24) is 0 Å². The Balaban J connectivity index is 2.07. The van der Waals surface area contributed by atoms with E-state index in [0.717, 1.165) is 5.56 Å². The van der Waals surface area contributed by atoms with Crippen LogP contribution in [-0.2, 0) is 28.1 Å². The Labute approximate surface area is 149 Å². The minimum atomic E-state index is -3.99. The van der Waals surface area contributed by atoms with Crippen molar-refractivity contribution in [3.8, 4) is 0 Å². The van der Waals surface area contributed by atoms with Crippen LogP contribution in [0.1, 0.15) is 12.0 Å². The second kappa shape index (κ2) is 7.90. The fourth-order valence-corrected chi connectivity index (χ4v) is 4.44. The number of hydrogen-bond acceptors (Lipinski definition) is 7. The molecule has 1 aliphatic carbocycles. The van der Waals surface area contributed by atoms with E-state index in [4.69, 9.17) is 13.4 Å². The van der Waals surface area contributed by atoms with Gasteiger partial charge in [-0.2, -0.15) is 8.42 Å². The Morgan fingerprint density at radius 1 is 1.32 bits per heavy atom. The van der Waals surface area contributed by atoms with Crippen LogP contribution in [0.25, 0.3) is 0 Å². The molecule has 0 radical (unpaired) electrons. The van der Waals surface area contributed by atoms with Crippen molar-refractivity contribution in [3.05, 3.63) is 29.8 Å². The topological polar surface area (TPSA) is 99.1 Å². The summed E-state index contributed by atoms with van der Waals surface area (Å²) in [5.41, 5.74) is 0.934. The van der Waals surface area contributed by atoms with Crippen LogP contribution in [0.2, 0.25) is 5.82 Å². The lowest BCUT2D eigenvalue weighted by Crippen LogP contribution is -2.35. The molecule has 1 N–H and O–H groups in total. The Morgan fingerprint density at radius 2 is 1.92 bits per heavy atom. The first-order valence-corrected chi connectivity index (χ1v) is 11.6. The number of aryl methyl sites for hydroxylation is 1. The number of hydrogen-bond donors (Lipinski definition) is 1. The smallest absolute Gasteiger partial charge is 0.297 e. The van der Waals surface area contributed by atoms with Gasteiger partial charge >= 0.3 is 0 Å². The zero-order chi connectivity index (χ0) is 18.8. The summed E-state index contributed by atoms with van der Waals surface area (Å²) in [5.74, 6) is -0.237. The molecule has 25 heavy (non-hydrogen) atoms. The zero-order valence-electron chi connectivity index (χ0n) is 14.8. The van der Waals surface area contributed by atoms with Crippen molar-refractivity contribution < 1.29 is 31.5 Å². The third-order valence-corrected chi connectivity index (χ3v) is 7.05. The van der Waals surface area contributed by atoms with Crippen LogP contribution in [-0.4, -0.2) is 59.8 Å². The highest BCUT2D eigenvalue weighted by Crippen LogP contribution is 2.43. The van der Waals surface area contributed by atoms with E-state index in [9.17, 15) is 18.1 Å². The first-order valence-electron chi connectivity index (χ1n) is 7.97. The summed E-state index contributed by atoms with van der Waals surface area (Å²) in [5, 5.41) is 10.4. The Kier molecular flexibility index (Phi) is 6.52. The summed E-state index contributed by atoms with van der Waals surface area (Å²) < 4.78 is 52.4. The summed E-state index contributed by atoms with van der Waals surface area (Å²) in [6.07, 6.45) is -2.45. The van der Waals surface area contributed by atoms with E-state index in [-0.39, 0.29) is 17.1 Å². The number of aliphatic hydroxyl groups is 1. The molecular weight excluding hydrogens is 366 g/mol. The van der Waals surface area contributed by atoms with Crippen molar-refractivity contribution in [1.29, 1.82) is 0 Å². The van der Waals surface area contributed by atoms with Gasteiger partial charge in [-0.25, -0.2) is 0 Å². The Morgan fingerprint density at radius 3 is 2.48 bits per heavy atom. The summed E-state index contributed by atoms with van der Waals surface area (Å²) in [4.78, 5) is 0.0410. The highest BCUT2D eigenvalue weighted by Gasteiger charge is 2.44. The van der Waals surface area contributed by atoms with Crippen LogP contribution in [0.3, 0.4) is 0 Å². The summed E-state index contributed by atoms with van der Waals surface area (Å²) in [6, 6.07) is 6.30. The molecule has 140 valence electrons. The van der Waals surface area contributed by atoms with Gasteiger partial charge in [0.05, 0.1) is 11.0 Å². The SMILES string of the molecule is BC1CC(OCP(C)(=O)OC)C(O)C1OS(=O)(=O)c1ccc(C)cc1. The van der Waals surface area contributed by atoms with E-state index in [2.05, 4.69) is 0 Å². The molecule has 0 bridgehead atoms. The van der Waals surface area contributed by atoms with Crippen molar-refractivity contribution in [2.75, 3.05) is 20.1 Å². The van der Waals surface area contributed by atoms with Gasteiger partial charge in [0.2, 0.25) is 7.37 Å². The molecule has 0 amide bonds. The predicted molar refractivity (Wildman–Crippen MR) is 96.4 cm³/mol. The minimum Gasteiger partial charge on any atom is -0.388 e. The zero-order valence-corrected chi connectivity index (χ0v) is 16.5. The van der Waals surface area contributed by atoms with Crippen LogP contribution in [0.4, 0.5) is 0 Å². The van der Waals surface area contributed by atoms with Crippen LogP contribution in [0.15, 0.2) is 29.2 Å². The molecule has 1 aliphatic rings. The highest BCUT2D eigenvalue weighted by atomic mass is 32.2. The van der Waals surface area contributed by atoms with Gasteiger partial charge in [-0.05, 0) is 31.3 Å². The first kappa shape index (κ1) is 20.6. The molecule has 0 heterocycles. The second-order valence-corrected chi connectivity index (χ2v) is 10.8. The average Bonchev–Trinajstić information content (AvgIpc) is 2.81. The van der Waals surface area contributed by atoms with E-state index in [1.165, 1.54) is 25.9 Å². The molecule has 0 aliphatic heterocycles. The number of benzene rings is 1. The van der Waals surface area contributed by atoms with Crippen LogP contribution in [0.5, 0.6) is 0 Å². The van der Waals surface area contributed by atoms with Gasteiger partial charge in [-0.1, -0.05) is 17.7 Å². The normalized spacial score (nSPS) is 29.4. The maximum atomic E-state index is 12.4. The van der Waals surface area contributed by atoms with Gasteiger partial charge in [0.15, 0.2) is 0 Å². The van der Waals surface area contributed by atoms with Gasteiger partial charge in [0, 0.05) is 13.8 Å². The van der Waals surface area contributed by atoms with Gasteiger partial charge in [-0.3, -0.25) is 8.75 Å². The third-order valence-electron chi connectivity index (χ3n) is 4.34. The highest BCUT2D eigenvalue weighted by molar-refractivity contribution is 7.86. The molecule has 1 saturated carbocycles. The van der Waals surface area contributed by atoms with Gasteiger partial charge < -0.3 is 14.4 Å². The molecule has 1 aromatic carbocycles. The van der Waals surface area contributed by atoms with Crippen molar-refractivity contribution in [2.45, 2.75) is 42.4 Å². The molecule has 5 unspecified atom stereocenters. The second-order valence-electron chi connectivity index (χ2n) is 6.56. The molecule has 0 aromatic heterocycles. The molecule has 0 saturated heterocycles. The van der Waals surface area contributed by atoms with Crippen LogP contribution < -0.4 is 0 Å². The Bertz CT molecular complexity index is 737. The standard InChI is InChI=1S/C15H24BO7PS/c1-10-4-6-11(7-5-10)25(19,20)23-15-12(16)8-13(14(15)17)22-9-24(3,18)21-2/h4-7,12-15,17H,8-9,16H2,1-3H3. The fraction of sp³-hybridized carbons (Fsp3) is 0.600. The van der Waals surface area contributed by atoms with E-state index >= 15 is 0 Å². The fourth-order valence-electron chi connectivity index (χ4n) is 2.70. The molecular formula is C15H24BO7PS. The van der Waals surface area contributed by atoms with Crippen molar-refractivity contribution in [2.24, 2.45) is 0 Å². The number of ether oxygens (including phenoxy) is 1. The van der Waals surface area contributed by atoms with Gasteiger partial charge in [-0.15, -0.1) is 0 Å². The largest absolute Gasteiger partial charge is 0.388 e. The lowest BCUT2D eigenvalue weighted by molar-refractivity contribution is -0.0352. The molecule has 5 atom stereocenters. The molecule has 1 aromatic rings. The summed E-state index contributed by atoms with van der Waals surface area (Å²) >= 11 is 0. The van der Waals surface area contributed by atoms with Crippen LogP contribution >= 0.6 is 7.37 Å². The summed E-state index contributed by atoms with van der Waals surface area (Å²) in [7, 11) is -3.76.